The van der Waals surface area contributed by atoms with Gasteiger partial charge in [0.15, 0.2) is 0 Å². The van der Waals surface area contributed by atoms with Crippen molar-refractivity contribution in [2.24, 2.45) is 5.41 Å². The zero-order valence-corrected chi connectivity index (χ0v) is 12.2. The monoisotopic (exact) mass is 241 g/mol. The molecule has 0 spiro atoms. The maximum atomic E-state index is 5.96. The zero-order chi connectivity index (χ0) is 12.7. The van der Waals surface area contributed by atoms with E-state index < -0.39 is 0 Å². The van der Waals surface area contributed by atoms with E-state index in [0.29, 0.717) is 17.6 Å². The Labute approximate surface area is 108 Å². The summed E-state index contributed by atoms with van der Waals surface area (Å²) < 4.78 is 5.96. The topological polar surface area (TPSA) is 21.3 Å². The number of ether oxygens (including phenoxy) is 1. The van der Waals surface area contributed by atoms with Crippen LogP contribution >= 0.6 is 0 Å². The van der Waals surface area contributed by atoms with Gasteiger partial charge in [-0.25, -0.2) is 0 Å². The van der Waals surface area contributed by atoms with Crippen LogP contribution in [0.1, 0.15) is 66.2 Å². The number of unbranched alkanes of at least 4 members (excludes halogenated alkanes) is 1. The molecular weight excluding hydrogens is 210 g/mol. The highest BCUT2D eigenvalue weighted by molar-refractivity contribution is 4.78. The number of hydrogen-bond acceptors (Lipinski definition) is 2. The molecule has 2 nitrogen and oxygen atoms in total. The Morgan fingerprint density at radius 3 is 2.41 bits per heavy atom. The smallest absolute Gasteiger partial charge is 0.0575 e. The van der Waals surface area contributed by atoms with Gasteiger partial charge < -0.3 is 10.1 Å². The second kappa shape index (κ2) is 7.38. The summed E-state index contributed by atoms with van der Waals surface area (Å²) in [6, 6.07) is 0.608. The highest BCUT2D eigenvalue weighted by atomic mass is 16.5. The van der Waals surface area contributed by atoms with Crippen molar-refractivity contribution in [3.63, 3.8) is 0 Å². The molecule has 1 saturated carbocycles. The molecule has 0 aromatic carbocycles. The molecule has 102 valence electrons. The van der Waals surface area contributed by atoms with E-state index in [0.717, 1.165) is 13.2 Å². The molecule has 0 amide bonds. The largest absolute Gasteiger partial charge is 0.378 e. The van der Waals surface area contributed by atoms with E-state index in [1.165, 1.54) is 38.5 Å². The predicted octanol–water partition coefficient (Wildman–Crippen LogP) is 3.75. The van der Waals surface area contributed by atoms with Crippen LogP contribution in [-0.2, 0) is 4.74 Å². The van der Waals surface area contributed by atoms with Gasteiger partial charge in [0.1, 0.15) is 0 Å². The lowest BCUT2D eigenvalue weighted by atomic mass is 9.76. The van der Waals surface area contributed by atoms with Crippen molar-refractivity contribution in [2.45, 2.75) is 78.4 Å². The van der Waals surface area contributed by atoms with Crippen LogP contribution in [0.4, 0.5) is 0 Å². The van der Waals surface area contributed by atoms with Gasteiger partial charge >= 0.3 is 0 Å². The van der Waals surface area contributed by atoms with Crippen LogP contribution in [0, 0.1) is 5.41 Å². The second-order valence-corrected chi connectivity index (χ2v) is 6.55. The van der Waals surface area contributed by atoms with Crippen LogP contribution in [0.3, 0.4) is 0 Å². The summed E-state index contributed by atoms with van der Waals surface area (Å²) >= 11 is 0. The third kappa shape index (κ3) is 7.05. The van der Waals surface area contributed by atoms with Crippen LogP contribution in [0.25, 0.3) is 0 Å². The Morgan fingerprint density at radius 2 is 1.82 bits per heavy atom. The van der Waals surface area contributed by atoms with Gasteiger partial charge in [0.25, 0.3) is 0 Å². The first-order valence-electron chi connectivity index (χ1n) is 7.34. The lowest BCUT2D eigenvalue weighted by molar-refractivity contribution is 0.00290. The fourth-order valence-corrected chi connectivity index (χ4v) is 2.41. The molecule has 0 aromatic heterocycles. The molecular formula is C15H31NO. The van der Waals surface area contributed by atoms with Gasteiger partial charge in [0.05, 0.1) is 6.10 Å². The highest BCUT2D eigenvalue weighted by Crippen LogP contribution is 2.36. The summed E-state index contributed by atoms with van der Waals surface area (Å²) in [6.07, 6.45) is 8.14. The Balaban J connectivity index is 1.94. The molecule has 1 aliphatic rings. The summed E-state index contributed by atoms with van der Waals surface area (Å²) in [5.41, 5.74) is 0.557. The fourth-order valence-electron chi connectivity index (χ4n) is 2.41. The quantitative estimate of drug-likeness (QED) is 0.685. The molecule has 0 aliphatic heterocycles. The Morgan fingerprint density at radius 1 is 1.18 bits per heavy atom. The van der Waals surface area contributed by atoms with Crippen molar-refractivity contribution >= 4 is 0 Å². The fraction of sp³-hybridized carbons (Fsp3) is 1.00. The average Bonchev–Trinajstić information content (AvgIpc) is 2.25. The molecule has 2 heteroatoms. The highest BCUT2D eigenvalue weighted by Gasteiger charge is 2.26. The molecule has 0 atom stereocenters. The molecule has 0 aromatic rings. The van der Waals surface area contributed by atoms with Crippen molar-refractivity contribution in [1.29, 1.82) is 0 Å². The molecule has 0 radical (unpaired) electrons. The van der Waals surface area contributed by atoms with Crippen LogP contribution in [0.2, 0.25) is 0 Å². The third-order valence-corrected chi connectivity index (χ3v) is 3.76. The molecule has 1 rings (SSSR count). The first-order valence-corrected chi connectivity index (χ1v) is 7.34. The van der Waals surface area contributed by atoms with Gasteiger partial charge in [-0.05, 0) is 50.5 Å². The minimum Gasteiger partial charge on any atom is -0.378 e. The van der Waals surface area contributed by atoms with E-state index in [1.807, 2.05) is 0 Å². The average molecular weight is 241 g/mol. The molecule has 1 N–H and O–H groups in total. The summed E-state index contributed by atoms with van der Waals surface area (Å²) in [5.74, 6) is 0. The summed E-state index contributed by atoms with van der Waals surface area (Å²) in [5, 5.41) is 3.44. The van der Waals surface area contributed by atoms with E-state index in [1.54, 1.807) is 0 Å². The van der Waals surface area contributed by atoms with Gasteiger partial charge in [-0.1, -0.05) is 27.7 Å². The molecule has 1 aliphatic carbocycles. The second-order valence-electron chi connectivity index (χ2n) is 6.55. The van der Waals surface area contributed by atoms with Crippen molar-refractivity contribution < 1.29 is 4.74 Å². The maximum Gasteiger partial charge on any atom is 0.0575 e. The van der Waals surface area contributed by atoms with E-state index >= 15 is 0 Å². The first kappa shape index (κ1) is 15.0. The standard InChI is InChI=1S/C15H31NO/c1-13(2)16-11-5-6-12-17-14-7-9-15(3,4)10-8-14/h13-14,16H,5-12H2,1-4H3. The zero-order valence-electron chi connectivity index (χ0n) is 12.2. The minimum atomic E-state index is 0.543. The summed E-state index contributed by atoms with van der Waals surface area (Å²) in [6.45, 7) is 11.2. The van der Waals surface area contributed by atoms with Gasteiger partial charge in [-0.2, -0.15) is 0 Å². The van der Waals surface area contributed by atoms with Gasteiger partial charge in [0.2, 0.25) is 0 Å². The number of hydrogen-bond donors (Lipinski definition) is 1. The van der Waals surface area contributed by atoms with Crippen molar-refractivity contribution in [2.75, 3.05) is 13.2 Å². The lowest BCUT2D eigenvalue weighted by Crippen LogP contribution is -2.27. The van der Waals surface area contributed by atoms with Crippen molar-refractivity contribution in [1.82, 2.24) is 5.32 Å². The summed E-state index contributed by atoms with van der Waals surface area (Å²) in [4.78, 5) is 0. The Bertz CT molecular complexity index is 191. The molecule has 17 heavy (non-hydrogen) atoms. The van der Waals surface area contributed by atoms with E-state index in [9.17, 15) is 0 Å². The van der Waals surface area contributed by atoms with Crippen LogP contribution < -0.4 is 5.32 Å². The minimum absolute atomic E-state index is 0.543. The van der Waals surface area contributed by atoms with Gasteiger partial charge in [-0.15, -0.1) is 0 Å². The van der Waals surface area contributed by atoms with Crippen LogP contribution in [0.5, 0.6) is 0 Å². The van der Waals surface area contributed by atoms with E-state index in [2.05, 4.69) is 33.0 Å². The molecule has 0 heterocycles. The third-order valence-electron chi connectivity index (χ3n) is 3.76. The Kier molecular flexibility index (Phi) is 6.50. The Hall–Kier alpha value is -0.0800. The van der Waals surface area contributed by atoms with Gasteiger partial charge in [-0.3, -0.25) is 0 Å². The maximum absolute atomic E-state index is 5.96. The molecule has 0 saturated heterocycles. The predicted molar refractivity (Wildman–Crippen MR) is 74.4 cm³/mol. The molecule has 0 bridgehead atoms. The summed E-state index contributed by atoms with van der Waals surface area (Å²) in [7, 11) is 0. The number of rotatable bonds is 7. The van der Waals surface area contributed by atoms with Gasteiger partial charge in [0, 0.05) is 12.6 Å². The first-order chi connectivity index (χ1) is 7.99. The SMILES string of the molecule is CC(C)NCCCCOC1CCC(C)(C)CC1. The normalized spacial score (nSPS) is 21.0. The molecule has 1 fully saturated rings. The van der Waals surface area contributed by atoms with Crippen molar-refractivity contribution in [3.05, 3.63) is 0 Å². The number of nitrogens with one attached hydrogen (secondary N) is 1. The van der Waals surface area contributed by atoms with E-state index in [4.69, 9.17) is 4.74 Å². The van der Waals surface area contributed by atoms with Crippen LogP contribution in [0.15, 0.2) is 0 Å². The van der Waals surface area contributed by atoms with Crippen molar-refractivity contribution in [3.8, 4) is 0 Å². The van der Waals surface area contributed by atoms with E-state index in [-0.39, 0.29) is 0 Å². The lowest BCUT2D eigenvalue weighted by Gasteiger charge is -2.34. The molecule has 0 unspecified atom stereocenters. The van der Waals surface area contributed by atoms with Crippen LogP contribution in [-0.4, -0.2) is 25.3 Å².